The normalized spacial score (nSPS) is 30.4. The van der Waals surface area contributed by atoms with Crippen LogP contribution in [0.5, 0.6) is 0 Å². The van der Waals surface area contributed by atoms with Gasteiger partial charge in [-0.1, -0.05) is 5.16 Å². The third-order valence-corrected chi connectivity index (χ3v) is 4.62. The van der Waals surface area contributed by atoms with Gasteiger partial charge in [-0.2, -0.15) is 0 Å². The van der Waals surface area contributed by atoms with Crippen molar-refractivity contribution in [3.8, 4) is 0 Å². The van der Waals surface area contributed by atoms with E-state index in [1.807, 2.05) is 6.07 Å². The van der Waals surface area contributed by atoms with Crippen molar-refractivity contribution in [2.24, 2.45) is 0 Å². The zero-order valence-electron chi connectivity index (χ0n) is 11.0. The highest BCUT2D eigenvalue weighted by Gasteiger charge is 2.39. The Balaban J connectivity index is 1.58. The Morgan fingerprint density at radius 2 is 2.11 bits per heavy atom. The molecule has 0 spiro atoms. The van der Waals surface area contributed by atoms with Crippen LogP contribution in [0.1, 0.15) is 54.3 Å². The van der Waals surface area contributed by atoms with Crippen LogP contribution in [-0.4, -0.2) is 41.1 Å². The van der Waals surface area contributed by atoms with E-state index in [2.05, 4.69) is 15.4 Å². The standard InChI is InChI=1S/C14H19N3O2/c18-14(12-7-13(19-16-12)9-1-2-9)17-10-3-4-11(17)8-15-6-5-10/h7,9-11,15H,1-6,8H2. The van der Waals surface area contributed by atoms with Crippen LogP contribution in [0.25, 0.3) is 0 Å². The number of carbonyl (C=O) groups excluding carboxylic acids is 1. The van der Waals surface area contributed by atoms with Gasteiger partial charge in [-0.3, -0.25) is 4.79 Å². The van der Waals surface area contributed by atoms with Gasteiger partial charge in [-0.25, -0.2) is 0 Å². The monoisotopic (exact) mass is 261 g/mol. The number of hydrogen-bond donors (Lipinski definition) is 1. The Hall–Kier alpha value is -1.36. The van der Waals surface area contributed by atoms with Gasteiger partial charge in [0.2, 0.25) is 0 Å². The molecule has 1 N–H and O–H groups in total. The Labute approximate surface area is 112 Å². The van der Waals surface area contributed by atoms with Crippen LogP contribution in [0.15, 0.2) is 10.6 Å². The van der Waals surface area contributed by atoms with Gasteiger partial charge in [0.1, 0.15) is 5.76 Å². The van der Waals surface area contributed by atoms with Crippen LogP contribution in [0.2, 0.25) is 0 Å². The SMILES string of the molecule is O=C(c1cc(C2CC2)on1)N1C2CCNCC1CC2. The van der Waals surface area contributed by atoms with Gasteiger partial charge < -0.3 is 14.7 Å². The zero-order valence-corrected chi connectivity index (χ0v) is 11.0. The molecule has 0 radical (unpaired) electrons. The number of aromatic nitrogens is 1. The molecule has 0 aromatic carbocycles. The first-order valence-corrected chi connectivity index (χ1v) is 7.33. The molecule has 1 amide bonds. The lowest BCUT2D eigenvalue weighted by Crippen LogP contribution is -2.42. The van der Waals surface area contributed by atoms with Crippen molar-refractivity contribution in [2.45, 2.75) is 50.1 Å². The minimum atomic E-state index is 0.0619. The van der Waals surface area contributed by atoms with E-state index < -0.39 is 0 Å². The average molecular weight is 261 g/mol. The summed E-state index contributed by atoms with van der Waals surface area (Å²) in [7, 11) is 0. The molecular weight excluding hydrogens is 242 g/mol. The lowest BCUT2D eigenvalue weighted by atomic mass is 10.1. The molecule has 2 aliphatic heterocycles. The number of nitrogens with one attached hydrogen (secondary N) is 1. The van der Waals surface area contributed by atoms with Crippen molar-refractivity contribution in [3.63, 3.8) is 0 Å². The van der Waals surface area contributed by atoms with Crippen molar-refractivity contribution < 1.29 is 9.32 Å². The molecule has 5 nitrogen and oxygen atoms in total. The van der Waals surface area contributed by atoms with E-state index >= 15 is 0 Å². The second-order valence-electron chi connectivity index (χ2n) is 5.98. The summed E-state index contributed by atoms with van der Waals surface area (Å²) in [6.07, 6.45) is 5.63. The number of fused-ring (bicyclic) bond motifs is 2. The van der Waals surface area contributed by atoms with E-state index in [0.29, 0.717) is 23.7 Å². The molecule has 2 saturated heterocycles. The Morgan fingerprint density at radius 1 is 1.26 bits per heavy atom. The molecule has 19 heavy (non-hydrogen) atoms. The van der Waals surface area contributed by atoms with E-state index in [4.69, 9.17) is 4.52 Å². The van der Waals surface area contributed by atoms with Crippen LogP contribution in [-0.2, 0) is 0 Å². The highest BCUT2D eigenvalue weighted by molar-refractivity contribution is 5.93. The summed E-state index contributed by atoms with van der Waals surface area (Å²) in [5.41, 5.74) is 0.501. The maximum Gasteiger partial charge on any atom is 0.276 e. The predicted octanol–water partition coefficient (Wildman–Crippen LogP) is 1.52. The molecule has 2 bridgehead atoms. The fraction of sp³-hybridized carbons (Fsp3) is 0.714. The smallest absolute Gasteiger partial charge is 0.276 e. The highest BCUT2D eigenvalue weighted by Crippen LogP contribution is 2.40. The molecule has 1 aromatic rings. The Morgan fingerprint density at radius 3 is 2.95 bits per heavy atom. The predicted molar refractivity (Wildman–Crippen MR) is 68.9 cm³/mol. The molecule has 3 heterocycles. The molecule has 1 saturated carbocycles. The molecule has 5 heteroatoms. The van der Waals surface area contributed by atoms with Gasteiger partial charge >= 0.3 is 0 Å². The third kappa shape index (κ3) is 1.96. The van der Waals surface area contributed by atoms with Gasteiger partial charge in [-0.05, 0) is 38.6 Å². The fourth-order valence-electron chi connectivity index (χ4n) is 3.40. The number of rotatable bonds is 2. The first-order chi connectivity index (χ1) is 9.33. The van der Waals surface area contributed by atoms with Crippen molar-refractivity contribution in [2.75, 3.05) is 13.1 Å². The van der Waals surface area contributed by atoms with Crippen LogP contribution in [0.4, 0.5) is 0 Å². The quantitative estimate of drug-likeness (QED) is 0.877. The fourth-order valence-corrected chi connectivity index (χ4v) is 3.40. The molecule has 3 aliphatic rings. The Kier molecular flexibility index (Phi) is 2.62. The molecule has 2 unspecified atom stereocenters. The number of amides is 1. The summed E-state index contributed by atoms with van der Waals surface area (Å²) in [5.74, 6) is 1.46. The van der Waals surface area contributed by atoms with E-state index in [1.165, 1.54) is 12.8 Å². The van der Waals surface area contributed by atoms with Crippen molar-refractivity contribution in [3.05, 3.63) is 17.5 Å². The van der Waals surface area contributed by atoms with E-state index in [9.17, 15) is 4.79 Å². The van der Waals surface area contributed by atoms with Crippen molar-refractivity contribution >= 4 is 5.91 Å². The van der Waals surface area contributed by atoms with E-state index in [-0.39, 0.29) is 5.91 Å². The van der Waals surface area contributed by atoms with E-state index in [1.54, 1.807) is 0 Å². The highest BCUT2D eigenvalue weighted by atomic mass is 16.5. The molecule has 1 aromatic heterocycles. The summed E-state index contributed by atoms with van der Waals surface area (Å²) in [5, 5.41) is 7.40. The molecule has 2 atom stereocenters. The molecule has 4 rings (SSSR count). The lowest BCUT2D eigenvalue weighted by Gasteiger charge is -2.26. The van der Waals surface area contributed by atoms with Crippen LogP contribution >= 0.6 is 0 Å². The van der Waals surface area contributed by atoms with Crippen LogP contribution in [0.3, 0.4) is 0 Å². The van der Waals surface area contributed by atoms with Gasteiger partial charge in [0.25, 0.3) is 5.91 Å². The van der Waals surface area contributed by atoms with Gasteiger partial charge in [-0.15, -0.1) is 0 Å². The number of carbonyl (C=O) groups is 1. The van der Waals surface area contributed by atoms with Crippen molar-refractivity contribution in [1.82, 2.24) is 15.4 Å². The van der Waals surface area contributed by atoms with Gasteiger partial charge in [0, 0.05) is 30.6 Å². The topological polar surface area (TPSA) is 58.4 Å². The largest absolute Gasteiger partial charge is 0.360 e. The summed E-state index contributed by atoms with van der Waals surface area (Å²) in [6.45, 7) is 1.92. The molecule has 1 aliphatic carbocycles. The first kappa shape index (κ1) is 11.5. The summed E-state index contributed by atoms with van der Waals surface area (Å²) in [6, 6.07) is 2.58. The minimum absolute atomic E-state index is 0.0619. The molecule has 3 fully saturated rings. The number of hydrogen-bond acceptors (Lipinski definition) is 4. The average Bonchev–Trinajstić information content (AvgIpc) is 3.04. The second kappa shape index (κ2) is 4.34. The lowest BCUT2D eigenvalue weighted by molar-refractivity contribution is 0.0669. The van der Waals surface area contributed by atoms with Crippen LogP contribution in [0, 0.1) is 0 Å². The Bertz CT molecular complexity index is 481. The number of nitrogens with zero attached hydrogens (tertiary/aromatic N) is 2. The van der Waals surface area contributed by atoms with Crippen molar-refractivity contribution in [1.29, 1.82) is 0 Å². The maximum atomic E-state index is 12.6. The van der Waals surface area contributed by atoms with Gasteiger partial charge in [0.05, 0.1) is 0 Å². The van der Waals surface area contributed by atoms with E-state index in [0.717, 1.165) is 38.1 Å². The molecule has 102 valence electrons. The van der Waals surface area contributed by atoms with Gasteiger partial charge in [0.15, 0.2) is 5.69 Å². The third-order valence-electron chi connectivity index (χ3n) is 4.62. The summed E-state index contributed by atoms with van der Waals surface area (Å²) in [4.78, 5) is 14.7. The zero-order chi connectivity index (χ0) is 12.8. The summed E-state index contributed by atoms with van der Waals surface area (Å²) < 4.78 is 5.31. The maximum absolute atomic E-state index is 12.6. The molecular formula is C14H19N3O2. The van der Waals surface area contributed by atoms with Crippen LogP contribution < -0.4 is 5.32 Å². The minimum Gasteiger partial charge on any atom is -0.360 e. The summed E-state index contributed by atoms with van der Waals surface area (Å²) >= 11 is 0. The first-order valence-electron chi connectivity index (χ1n) is 7.33. The second-order valence-corrected chi connectivity index (χ2v) is 5.98.